The van der Waals surface area contributed by atoms with Gasteiger partial charge in [0, 0.05) is 44.4 Å². The van der Waals surface area contributed by atoms with Crippen LogP contribution in [0.4, 0.5) is 5.69 Å². The van der Waals surface area contributed by atoms with Crippen LogP contribution in [0.1, 0.15) is 24.8 Å². The quantitative estimate of drug-likeness (QED) is 0.629. The molecule has 0 saturated carbocycles. The molecule has 1 aromatic carbocycles. The van der Waals surface area contributed by atoms with E-state index in [4.69, 9.17) is 4.74 Å². The van der Waals surface area contributed by atoms with Gasteiger partial charge in [0.25, 0.3) is 5.69 Å². The molecule has 126 valence electrons. The van der Waals surface area contributed by atoms with Gasteiger partial charge in [0.15, 0.2) is 0 Å². The summed E-state index contributed by atoms with van der Waals surface area (Å²) >= 11 is 0. The van der Waals surface area contributed by atoms with E-state index in [0.717, 1.165) is 57.9 Å². The summed E-state index contributed by atoms with van der Waals surface area (Å²) in [5.41, 5.74) is 1.31. The molecule has 0 spiro atoms. The number of benzene rings is 1. The normalized spacial score (nSPS) is 21.9. The van der Waals surface area contributed by atoms with Crippen molar-refractivity contribution in [2.24, 2.45) is 0 Å². The van der Waals surface area contributed by atoms with Crippen molar-refractivity contribution in [2.75, 3.05) is 39.4 Å². The van der Waals surface area contributed by atoms with Crippen molar-refractivity contribution in [3.8, 4) is 0 Å². The van der Waals surface area contributed by atoms with Gasteiger partial charge in [0.05, 0.1) is 11.5 Å². The van der Waals surface area contributed by atoms with Crippen LogP contribution in [0.25, 0.3) is 0 Å². The number of rotatable bonds is 4. The summed E-state index contributed by atoms with van der Waals surface area (Å²) in [6.45, 7) is 7.06. The van der Waals surface area contributed by atoms with Gasteiger partial charge in [-0.15, -0.1) is 0 Å². The van der Waals surface area contributed by atoms with Gasteiger partial charge in [0.2, 0.25) is 0 Å². The predicted octanol–water partition coefficient (Wildman–Crippen LogP) is 2.28. The first-order valence-corrected chi connectivity index (χ1v) is 8.50. The van der Waals surface area contributed by atoms with Crippen molar-refractivity contribution in [2.45, 2.75) is 31.8 Å². The predicted molar refractivity (Wildman–Crippen MR) is 88.4 cm³/mol. The van der Waals surface area contributed by atoms with E-state index in [1.165, 1.54) is 12.8 Å². The smallest absolute Gasteiger partial charge is 0.269 e. The third kappa shape index (κ3) is 4.50. The highest BCUT2D eigenvalue weighted by molar-refractivity contribution is 5.32. The Kier molecular flexibility index (Phi) is 5.59. The highest BCUT2D eigenvalue weighted by atomic mass is 16.6. The first kappa shape index (κ1) is 16.4. The maximum absolute atomic E-state index is 10.7. The van der Waals surface area contributed by atoms with Crippen molar-refractivity contribution in [1.82, 2.24) is 9.80 Å². The molecule has 3 rings (SSSR count). The van der Waals surface area contributed by atoms with E-state index < -0.39 is 0 Å². The second-order valence-corrected chi connectivity index (χ2v) is 6.43. The third-order valence-electron chi connectivity index (χ3n) is 4.88. The molecule has 0 N–H and O–H groups in total. The Hall–Kier alpha value is -1.50. The Morgan fingerprint density at radius 1 is 1.09 bits per heavy atom. The largest absolute Gasteiger partial charge is 0.380 e. The van der Waals surface area contributed by atoms with Crippen LogP contribution >= 0.6 is 0 Å². The van der Waals surface area contributed by atoms with E-state index in [2.05, 4.69) is 9.80 Å². The van der Waals surface area contributed by atoms with Crippen molar-refractivity contribution >= 4 is 5.69 Å². The van der Waals surface area contributed by atoms with Gasteiger partial charge in [-0.2, -0.15) is 0 Å². The number of non-ortho nitro benzene ring substituents is 1. The molecule has 1 aromatic rings. The van der Waals surface area contributed by atoms with Gasteiger partial charge in [-0.25, -0.2) is 0 Å². The monoisotopic (exact) mass is 319 g/mol. The van der Waals surface area contributed by atoms with E-state index in [0.29, 0.717) is 6.04 Å². The van der Waals surface area contributed by atoms with Crippen LogP contribution < -0.4 is 0 Å². The molecule has 0 radical (unpaired) electrons. The van der Waals surface area contributed by atoms with Crippen LogP contribution in [0.5, 0.6) is 0 Å². The van der Waals surface area contributed by atoms with E-state index in [1.807, 2.05) is 12.1 Å². The zero-order chi connectivity index (χ0) is 16.1. The number of nitrogens with zero attached hydrogens (tertiary/aromatic N) is 3. The number of hydrogen-bond donors (Lipinski definition) is 0. The van der Waals surface area contributed by atoms with Crippen molar-refractivity contribution in [1.29, 1.82) is 0 Å². The molecule has 0 atom stereocenters. The minimum atomic E-state index is -0.347. The maximum Gasteiger partial charge on any atom is 0.269 e. The number of nitro groups is 1. The Labute approximate surface area is 137 Å². The zero-order valence-electron chi connectivity index (χ0n) is 13.5. The molecule has 0 aliphatic carbocycles. The molecule has 0 aromatic heterocycles. The summed E-state index contributed by atoms with van der Waals surface area (Å²) in [6, 6.07) is 7.62. The molecule has 2 aliphatic rings. The Bertz CT molecular complexity index is 504. The summed E-state index contributed by atoms with van der Waals surface area (Å²) in [4.78, 5) is 15.4. The number of ether oxygens (including phenoxy) is 1. The van der Waals surface area contributed by atoms with Gasteiger partial charge in [-0.3, -0.25) is 19.9 Å². The van der Waals surface area contributed by atoms with Gasteiger partial charge >= 0.3 is 0 Å². The zero-order valence-corrected chi connectivity index (χ0v) is 13.5. The molecular weight excluding hydrogens is 294 g/mol. The lowest BCUT2D eigenvalue weighted by molar-refractivity contribution is -0.384. The number of likely N-dealkylation sites (tertiary alicyclic amines) is 1. The molecule has 2 aliphatic heterocycles. The summed E-state index contributed by atoms with van der Waals surface area (Å²) in [6.07, 6.45) is 3.54. The minimum Gasteiger partial charge on any atom is -0.380 e. The standard InChI is InChI=1S/C17H25N3O3/c21-20(22)17-4-2-15(3-5-17)14-18-9-6-16(7-10-18)19-8-1-12-23-13-11-19/h2-5,16H,1,6-14H2. The third-order valence-corrected chi connectivity index (χ3v) is 4.88. The van der Waals surface area contributed by atoms with Crippen LogP contribution in [-0.4, -0.2) is 60.2 Å². The van der Waals surface area contributed by atoms with Crippen molar-refractivity contribution in [3.63, 3.8) is 0 Å². The highest BCUT2D eigenvalue weighted by Crippen LogP contribution is 2.20. The average molecular weight is 319 g/mol. The summed E-state index contributed by atoms with van der Waals surface area (Å²) in [5, 5.41) is 10.7. The molecule has 2 saturated heterocycles. The fourth-order valence-corrected chi connectivity index (χ4v) is 3.55. The molecule has 6 nitrogen and oxygen atoms in total. The Morgan fingerprint density at radius 2 is 1.83 bits per heavy atom. The van der Waals surface area contributed by atoms with Gasteiger partial charge in [-0.05, 0) is 37.9 Å². The molecule has 6 heteroatoms. The van der Waals surface area contributed by atoms with E-state index in [9.17, 15) is 10.1 Å². The maximum atomic E-state index is 10.7. The van der Waals surface area contributed by atoms with Crippen LogP contribution in [0.15, 0.2) is 24.3 Å². The van der Waals surface area contributed by atoms with Crippen LogP contribution in [0.3, 0.4) is 0 Å². The average Bonchev–Trinajstić information content (AvgIpc) is 2.85. The lowest BCUT2D eigenvalue weighted by atomic mass is 10.0. The van der Waals surface area contributed by atoms with Gasteiger partial charge in [0.1, 0.15) is 0 Å². The van der Waals surface area contributed by atoms with Crippen LogP contribution in [0, 0.1) is 10.1 Å². The van der Waals surface area contributed by atoms with E-state index in [1.54, 1.807) is 12.1 Å². The minimum absolute atomic E-state index is 0.163. The molecule has 0 unspecified atom stereocenters. The van der Waals surface area contributed by atoms with Gasteiger partial charge < -0.3 is 4.74 Å². The first-order valence-electron chi connectivity index (χ1n) is 8.50. The number of piperidine rings is 1. The van der Waals surface area contributed by atoms with Crippen LogP contribution in [-0.2, 0) is 11.3 Å². The second-order valence-electron chi connectivity index (χ2n) is 6.43. The molecule has 23 heavy (non-hydrogen) atoms. The Balaban J connectivity index is 1.47. The lowest BCUT2D eigenvalue weighted by Crippen LogP contribution is -2.45. The molecular formula is C17H25N3O3. The SMILES string of the molecule is O=[N+]([O-])c1ccc(CN2CCC(N3CCCOCC3)CC2)cc1. The molecule has 2 fully saturated rings. The molecule has 0 amide bonds. The summed E-state index contributed by atoms with van der Waals surface area (Å²) in [5.74, 6) is 0. The Morgan fingerprint density at radius 3 is 2.52 bits per heavy atom. The highest BCUT2D eigenvalue weighted by Gasteiger charge is 2.25. The fourth-order valence-electron chi connectivity index (χ4n) is 3.55. The van der Waals surface area contributed by atoms with Gasteiger partial charge in [-0.1, -0.05) is 12.1 Å². The molecule has 2 heterocycles. The van der Waals surface area contributed by atoms with Crippen molar-refractivity contribution < 1.29 is 9.66 Å². The first-order chi connectivity index (χ1) is 11.2. The van der Waals surface area contributed by atoms with Crippen LogP contribution in [0.2, 0.25) is 0 Å². The summed E-state index contributed by atoms with van der Waals surface area (Å²) < 4.78 is 5.54. The fraction of sp³-hybridized carbons (Fsp3) is 0.647. The number of nitro benzene ring substituents is 1. The topological polar surface area (TPSA) is 58.9 Å². The van der Waals surface area contributed by atoms with E-state index >= 15 is 0 Å². The summed E-state index contributed by atoms with van der Waals surface area (Å²) in [7, 11) is 0. The number of hydrogen-bond acceptors (Lipinski definition) is 5. The lowest BCUT2D eigenvalue weighted by Gasteiger charge is -2.38. The molecule has 0 bridgehead atoms. The second kappa shape index (κ2) is 7.86. The van der Waals surface area contributed by atoms with Crippen molar-refractivity contribution in [3.05, 3.63) is 39.9 Å². The van der Waals surface area contributed by atoms with E-state index in [-0.39, 0.29) is 10.6 Å².